The average Bonchev–Trinajstić information content (AvgIpc) is 2.46. The number of rotatable bonds is 2. The van der Waals surface area contributed by atoms with Crippen LogP contribution in [-0.2, 0) is 6.42 Å². The lowest BCUT2D eigenvalue weighted by Crippen LogP contribution is -1.96. The van der Waals surface area contributed by atoms with Crippen LogP contribution in [0.3, 0.4) is 0 Å². The van der Waals surface area contributed by atoms with Crippen molar-refractivity contribution in [2.24, 2.45) is 0 Å². The van der Waals surface area contributed by atoms with E-state index in [1.165, 1.54) is 0 Å². The van der Waals surface area contributed by atoms with E-state index < -0.39 is 0 Å². The lowest BCUT2D eigenvalue weighted by molar-refractivity contribution is 1.05. The van der Waals surface area contributed by atoms with E-state index in [9.17, 15) is 0 Å². The summed E-state index contributed by atoms with van der Waals surface area (Å²) in [5, 5.41) is 1.85. The molecule has 3 aromatic rings. The molecule has 5 heteroatoms. The van der Waals surface area contributed by atoms with E-state index in [-0.39, 0.29) is 0 Å². The molecule has 20 heavy (non-hydrogen) atoms. The summed E-state index contributed by atoms with van der Waals surface area (Å²) in [5.74, 6) is 0.531. The highest BCUT2D eigenvalue weighted by atomic mass is 35.5. The molecular formula is C15H11Cl2N3. The minimum absolute atomic E-state index is 0.411. The molecule has 0 spiro atoms. The van der Waals surface area contributed by atoms with Crippen LogP contribution in [-0.4, -0.2) is 15.0 Å². The largest absolute Gasteiger partial charge is 0.256 e. The molecule has 100 valence electrons. The van der Waals surface area contributed by atoms with Crippen molar-refractivity contribution in [2.75, 3.05) is 0 Å². The fourth-order valence-electron chi connectivity index (χ4n) is 2.07. The molecule has 0 unspecified atom stereocenters. The van der Waals surface area contributed by atoms with Gasteiger partial charge in [0.05, 0.1) is 5.52 Å². The second-order valence-corrected chi connectivity index (χ2v) is 5.09. The van der Waals surface area contributed by atoms with Gasteiger partial charge in [-0.05, 0) is 30.7 Å². The second kappa shape index (κ2) is 5.35. The minimum Gasteiger partial charge on any atom is -0.256 e. The molecule has 0 atom stereocenters. The predicted octanol–water partition coefficient (Wildman–Crippen LogP) is 4.56. The highest BCUT2D eigenvalue weighted by Gasteiger charge is 2.11. The molecule has 2 heterocycles. The number of pyridine rings is 1. The Kier molecular flexibility index (Phi) is 3.55. The summed E-state index contributed by atoms with van der Waals surface area (Å²) >= 11 is 12.3. The van der Waals surface area contributed by atoms with Gasteiger partial charge < -0.3 is 0 Å². The van der Waals surface area contributed by atoms with Gasteiger partial charge in [0.15, 0.2) is 5.82 Å². The zero-order valence-corrected chi connectivity index (χ0v) is 12.3. The van der Waals surface area contributed by atoms with E-state index in [1.807, 2.05) is 37.3 Å². The molecule has 0 amide bonds. The summed E-state index contributed by atoms with van der Waals surface area (Å²) in [7, 11) is 0. The van der Waals surface area contributed by atoms with E-state index in [0.717, 1.165) is 22.0 Å². The van der Waals surface area contributed by atoms with Gasteiger partial charge in [0.25, 0.3) is 0 Å². The van der Waals surface area contributed by atoms with Gasteiger partial charge in [-0.15, -0.1) is 0 Å². The number of fused-ring (bicyclic) bond motifs is 1. The van der Waals surface area contributed by atoms with Crippen LogP contribution in [0.2, 0.25) is 10.3 Å². The molecule has 0 N–H and O–H groups in total. The van der Waals surface area contributed by atoms with Crippen LogP contribution in [0.4, 0.5) is 0 Å². The van der Waals surface area contributed by atoms with Crippen molar-refractivity contribution in [2.45, 2.75) is 13.3 Å². The minimum atomic E-state index is 0.411. The lowest BCUT2D eigenvalue weighted by Gasteiger charge is -2.07. The van der Waals surface area contributed by atoms with Crippen LogP contribution in [0.1, 0.15) is 12.5 Å². The number of hydrogen-bond donors (Lipinski definition) is 0. The van der Waals surface area contributed by atoms with E-state index in [2.05, 4.69) is 15.0 Å². The summed E-state index contributed by atoms with van der Waals surface area (Å²) in [6, 6.07) is 9.73. The number of nitrogens with zero attached hydrogens (tertiary/aromatic N) is 3. The maximum absolute atomic E-state index is 6.16. The summed E-state index contributed by atoms with van der Waals surface area (Å²) in [5.41, 5.74) is 2.58. The number of aromatic nitrogens is 3. The fourth-order valence-corrected chi connectivity index (χ4v) is 2.72. The molecule has 0 saturated carbocycles. The van der Waals surface area contributed by atoms with Gasteiger partial charge in [0.2, 0.25) is 0 Å². The molecule has 0 fully saturated rings. The maximum atomic E-state index is 6.16. The van der Waals surface area contributed by atoms with Gasteiger partial charge in [0.1, 0.15) is 10.3 Å². The first-order chi connectivity index (χ1) is 9.69. The number of halogens is 2. The van der Waals surface area contributed by atoms with E-state index in [0.29, 0.717) is 22.6 Å². The number of benzene rings is 1. The van der Waals surface area contributed by atoms with Crippen molar-refractivity contribution >= 4 is 34.1 Å². The van der Waals surface area contributed by atoms with Crippen molar-refractivity contribution in [3.63, 3.8) is 0 Å². The molecule has 3 nitrogen and oxygen atoms in total. The van der Waals surface area contributed by atoms with E-state index in [1.54, 1.807) is 6.20 Å². The van der Waals surface area contributed by atoms with Gasteiger partial charge in [0, 0.05) is 22.7 Å². The van der Waals surface area contributed by atoms with Crippen LogP contribution in [0.5, 0.6) is 0 Å². The Balaban J connectivity index is 2.15. The van der Waals surface area contributed by atoms with Crippen molar-refractivity contribution in [1.29, 1.82) is 0 Å². The lowest BCUT2D eigenvalue weighted by atomic mass is 10.1. The van der Waals surface area contributed by atoms with Crippen LogP contribution in [0.15, 0.2) is 36.5 Å². The Morgan fingerprint density at radius 3 is 2.50 bits per heavy atom. The molecule has 0 aliphatic carbocycles. The molecule has 0 aliphatic heterocycles. The quantitative estimate of drug-likeness (QED) is 0.651. The summed E-state index contributed by atoms with van der Waals surface area (Å²) in [6.07, 6.45) is 2.47. The predicted molar refractivity (Wildman–Crippen MR) is 82.2 cm³/mol. The van der Waals surface area contributed by atoms with Crippen LogP contribution in [0, 0.1) is 0 Å². The molecule has 0 aliphatic rings. The Bertz CT molecular complexity index is 764. The third kappa shape index (κ3) is 2.35. The normalized spacial score (nSPS) is 10.9. The van der Waals surface area contributed by atoms with Gasteiger partial charge in [-0.1, -0.05) is 36.2 Å². The monoisotopic (exact) mass is 303 g/mol. The summed E-state index contributed by atoms with van der Waals surface area (Å²) < 4.78 is 0. The second-order valence-electron chi connectivity index (χ2n) is 4.37. The average molecular weight is 304 g/mol. The molecule has 0 saturated heterocycles. The van der Waals surface area contributed by atoms with E-state index in [4.69, 9.17) is 23.2 Å². The first kappa shape index (κ1) is 13.3. The summed E-state index contributed by atoms with van der Waals surface area (Å²) in [4.78, 5) is 12.9. The summed E-state index contributed by atoms with van der Waals surface area (Å²) in [6.45, 7) is 1.97. The molecule has 0 bridgehead atoms. The zero-order valence-electron chi connectivity index (χ0n) is 10.8. The van der Waals surface area contributed by atoms with Crippen LogP contribution < -0.4 is 0 Å². The van der Waals surface area contributed by atoms with Crippen molar-refractivity contribution in [3.05, 3.63) is 52.4 Å². The Morgan fingerprint density at radius 2 is 1.80 bits per heavy atom. The highest BCUT2D eigenvalue weighted by molar-refractivity contribution is 6.34. The third-order valence-electron chi connectivity index (χ3n) is 3.12. The third-order valence-corrected chi connectivity index (χ3v) is 3.75. The molecule has 1 aromatic carbocycles. The highest BCUT2D eigenvalue weighted by Crippen LogP contribution is 2.27. The van der Waals surface area contributed by atoms with Crippen LogP contribution >= 0.6 is 23.2 Å². The number of hydrogen-bond acceptors (Lipinski definition) is 3. The smallest absolute Gasteiger partial charge is 0.162 e. The molecule has 3 rings (SSSR count). The molecule has 0 radical (unpaired) electrons. The standard InChI is InChI=1S/C15H11Cl2N3/c1-2-11-13(16)19-15(20-14(11)17)10-5-6-12-9(8-10)4-3-7-18-12/h3-8H,2H2,1H3. The Morgan fingerprint density at radius 1 is 1.05 bits per heavy atom. The van der Waals surface area contributed by atoms with Gasteiger partial charge in [-0.3, -0.25) is 4.98 Å². The Labute approximate surface area is 126 Å². The zero-order chi connectivity index (χ0) is 14.1. The van der Waals surface area contributed by atoms with Crippen molar-refractivity contribution in [1.82, 2.24) is 15.0 Å². The van der Waals surface area contributed by atoms with E-state index >= 15 is 0 Å². The SMILES string of the molecule is CCc1c(Cl)nc(-c2ccc3ncccc3c2)nc1Cl. The first-order valence-electron chi connectivity index (χ1n) is 6.26. The van der Waals surface area contributed by atoms with Crippen molar-refractivity contribution in [3.8, 4) is 11.4 Å². The van der Waals surface area contributed by atoms with Crippen LogP contribution in [0.25, 0.3) is 22.3 Å². The first-order valence-corrected chi connectivity index (χ1v) is 7.01. The van der Waals surface area contributed by atoms with Gasteiger partial charge in [-0.2, -0.15) is 0 Å². The molecule has 2 aromatic heterocycles. The Hall–Kier alpha value is -1.71. The molecular weight excluding hydrogens is 293 g/mol. The van der Waals surface area contributed by atoms with Crippen molar-refractivity contribution < 1.29 is 0 Å². The van der Waals surface area contributed by atoms with Gasteiger partial charge >= 0.3 is 0 Å². The topological polar surface area (TPSA) is 38.7 Å². The fraction of sp³-hybridized carbons (Fsp3) is 0.133. The van der Waals surface area contributed by atoms with Gasteiger partial charge in [-0.25, -0.2) is 9.97 Å². The maximum Gasteiger partial charge on any atom is 0.162 e.